The van der Waals surface area contributed by atoms with Gasteiger partial charge in [0.05, 0.1) is 30.6 Å². The summed E-state index contributed by atoms with van der Waals surface area (Å²) in [5.74, 6) is -0.550. The molecule has 1 spiro atoms. The maximum atomic E-state index is 13.1. The highest BCUT2D eigenvalue weighted by atomic mass is 35.5. The van der Waals surface area contributed by atoms with Crippen molar-refractivity contribution in [2.45, 2.75) is 37.6 Å². The minimum absolute atomic E-state index is 0. The van der Waals surface area contributed by atoms with Crippen LogP contribution < -0.4 is 0 Å². The molecule has 2 aliphatic heterocycles. The monoisotopic (exact) mass is 488 g/mol. The average Bonchev–Trinajstić information content (AvgIpc) is 2.77. The quantitative estimate of drug-likeness (QED) is 0.603. The number of piperidine rings is 1. The van der Waals surface area contributed by atoms with Crippen LogP contribution >= 0.6 is 12.4 Å². The first kappa shape index (κ1) is 25.3. The molecule has 0 bridgehead atoms. The summed E-state index contributed by atoms with van der Waals surface area (Å²) in [7, 11) is 0. The van der Waals surface area contributed by atoms with Gasteiger partial charge in [-0.2, -0.15) is 13.2 Å². The Labute approximate surface area is 195 Å². The van der Waals surface area contributed by atoms with E-state index < -0.39 is 23.3 Å². The molecular formula is C22H25ClF4N4O2. The molecule has 2 fully saturated rings. The molecule has 2 aromatic rings. The average molecular weight is 489 g/mol. The van der Waals surface area contributed by atoms with Gasteiger partial charge in [0.25, 0.3) is 0 Å². The van der Waals surface area contributed by atoms with Gasteiger partial charge in [-0.1, -0.05) is 6.07 Å². The van der Waals surface area contributed by atoms with Gasteiger partial charge in [0.2, 0.25) is 5.91 Å². The van der Waals surface area contributed by atoms with Crippen LogP contribution in [0.15, 0.2) is 36.5 Å². The second-order valence-corrected chi connectivity index (χ2v) is 8.29. The van der Waals surface area contributed by atoms with Crippen molar-refractivity contribution in [1.82, 2.24) is 19.8 Å². The zero-order valence-corrected chi connectivity index (χ0v) is 18.7. The number of morpholine rings is 1. The van der Waals surface area contributed by atoms with Crippen molar-refractivity contribution in [2.24, 2.45) is 0 Å². The van der Waals surface area contributed by atoms with Crippen LogP contribution in [0.1, 0.15) is 29.9 Å². The molecule has 0 radical (unpaired) electrons. The number of aromatic nitrogens is 2. The first-order chi connectivity index (χ1) is 15.2. The highest BCUT2D eigenvalue weighted by molar-refractivity contribution is 5.85. The molecule has 11 heteroatoms. The van der Waals surface area contributed by atoms with Gasteiger partial charge in [-0.05, 0) is 37.1 Å². The Kier molecular flexibility index (Phi) is 7.92. The summed E-state index contributed by atoms with van der Waals surface area (Å²) >= 11 is 0. The second kappa shape index (κ2) is 10.3. The standard InChI is InChI=1S/C22H24F4N4O2.ClH/c23-16-4-5-18(27-12-16)13-30-15-21(32-14-20(30)31)7-10-29(11-8-21)9-6-17-2-1-3-19(28-17)22(24,25)26;/h1-5,12H,6-11,13-15H2;1H. The van der Waals surface area contributed by atoms with Crippen LogP contribution in [0.4, 0.5) is 17.6 Å². The Morgan fingerprint density at radius 2 is 1.85 bits per heavy atom. The van der Waals surface area contributed by atoms with Crippen molar-refractivity contribution in [1.29, 1.82) is 0 Å². The number of alkyl halides is 3. The Morgan fingerprint density at radius 1 is 1.09 bits per heavy atom. The Hall–Kier alpha value is -2.30. The fraction of sp³-hybridized carbons (Fsp3) is 0.500. The third-order valence-corrected chi connectivity index (χ3v) is 6.02. The first-order valence-electron chi connectivity index (χ1n) is 10.5. The maximum Gasteiger partial charge on any atom is 0.433 e. The number of amides is 1. The van der Waals surface area contributed by atoms with Crippen LogP contribution in [0.3, 0.4) is 0 Å². The van der Waals surface area contributed by atoms with E-state index in [4.69, 9.17) is 4.74 Å². The highest BCUT2D eigenvalue weighted by Gasteiger charge is 2.42. The van der Waals surface area contributed by atoms with Crippen molar-refractivity contribution >= 4 is 18.3 Å². The minimum atomic E-state index is -4.45. The lowest BCUT2D eigenvalue weighted by Crippen LogP contribution is -2.58. The van der Waals surface area contributed by atoms with E-state index in [1.165, 1.54) is 12.1 Å². The van der Waals surface area contributed by atoms with Crippen molar-refractivity contribution in [2.75, 3.05) is 32.8 Å². The molecule has 4 rings (SSSR count). The van der Waals surface area contributed by atoms with Gasteiger partial charge in [0, 0.05) is 31.7 Å². The molecule has 0 unspecified atom stereocenters. The Balaban J connectivity index is 0.00000306. The van der Waals surface area contributed by atoms with Crippen LogP contribution in [-0.2, 0) is 28.7 Å². The van der Waals surface area contributed by atoms with Crippen molar-refractivity contribution in [3.8, 4) is 0 Å². The number of carbonyl (C=O) groups is 1. The molecule has 0 saturated carbocycles. The molecule has 2 aliphatic rings. The lowest BCUT2D eigenvalue weighted by Gasteiger charge is -2.47. The third-order valence-electron chi connectivity index (χ3n) is 6.02. The van der Waals surface area contributed by atoms with Crippen LogP contribution in [0.2, 0.25) is 0 Å². The number of halogens is 5. The smallest absolute Gasteiger partial charge is 0.363 e. The summed E-state index contributed by atoms with van der Waals surface area (Å²) in [5, 5.41) is 0. The van der Waals surface area contributed by atoms with E-state index in [1.54, 1.807) is 17.0 Å². The summed E-state index contributed by atoms with van der Waals surface area (Å²) in [6.07, 6.45) is -1.46. The van der Waals surface area contributed by atoms with Gasteiger partial charge in [-0.25, -0.2) is 9.37 Å². The summed E-state index contributed by atoms with van der Waals surface area (Å²) in [4.78, 5) is 24.0. The second-order valence-electron chi connectivity index (χ2n) is 8.29. The fourth-order valence-electron chi connectivity index (χ4n) is 4.16. The van der Waals surface area contributed by atoms with Gasteiger partial charge in [0.1, 0.15) is 18.1 Å². The predicted molar refractivity (Wildman–Crippen MR) is 114 cm³/mol. The number of hydrogen-bond donors (Lipinski definition) is 0. The van der Waals surface area contributed by atoms with E-state index in [9.17, 15) is 22.4 Å². The third kappa shape index (κ3) is 6.39. The first-order valence-corrected chi connectivity index (χ1v) is 10.5. The molecule has 33 heavy (non-hydrogen) atoms. The minimum Gasteiger partial charge on any atom is -0.363 e. The molecule has 4 heterocycles. The van der Waals surface area contributed by atoms with Gasteiger partial charge >= 0.3 is 6.18 Å². The summed E-state index contributed by atoms with van der Waals surface area (Å²) in [6, 6.07) is 6.85. The van der Waals surface area contributed by atoms with E-state index >= 15 is 0 Å². The molecule has 2 aromatic heterocycles. The molecule has 0 aliphatic carbocycles. The molecule has 0 aromatic carbocycles. The van der Waals surface area contributed by atoms with Crippen LogP contribution in [0, 0.1) is 5.82 Å². The normalized spacial score (nSPS) is 18.9. The molecule has 6 nitrogen and oxygen atoms in total. The zero-order chi connectivity index (χ0) is 22.8. The summed E-state index contributed by atoms with van der Waals surface area (Å²) in [6.45, 7) is 2.77. The lowest BCUT2D eigenvalue weighted by molar-refractivity contribution is -0.172. The topological polar surface area (TPSA) is 58.6 Å². The number of hydrogen-bond acceptors (Lipinski definition) is 5. The molecule has 180 valence electrons. The van der Waals surface area contributed by atoms with Crippen LogP contribution in [0.5, 0.6) is 0 Å². The van der Waals surface area contributed by atoms with E-state index in [0.29, 0.717) is 50.3 Å². The van der Waals surface area contributed by atoms with Gasteiger partial charge in [-0.15, -0.1) is 12.4 Å². The molecule has 2 saturated heterocycles. The Morgan fingerprint density at radius 3 is 2.52 bits per heavy atom. The van der Waals surface area contributed by atoms with Crippen molar-refractivity contribution in [3.05, 3.63) is 59.4 Å². The molecule has 0 N–H and O–H groups in total. The fourth-order valence-corrected chi connectivity index (χ4v) is 4.16. The van der Waals surface area contributed by atoms with Gasteiger partial charge < -0.3 is 14.5 Å². The largest absolute Gasteiger partial charge is 0.433 e. The Bertz CT molecular complexity index is 950. The summed E-state index contributed by atoms with van der Waals surface area (Å²) in [5.41, 5.74) is -0.289. The molecule has 0 atom stereocenters. The number of nitrogens with zero attached hydrogens (tertiary/aromatic N) is 4. The number of rotatable bonds is 5. The number of carbonyl (C=O) groups excluding carboxylic acids is 1. The molecule has 1 amide bonds. The SMILES string of the molecule is Cl.O=C1COC2(CCN(CCc3cccc(C(F)(F)F)n3)CC2)CN1Cc1ccc(F)cn1. The van der Waals surface area contributed by atoms with E-state index in [-0.39, 0.29) is 24.9 Å². The van der Waals surface area contributed by atoms with Gasteiger partial charge in [0.15, 0.2) is 0 Å². The number of ether oxygens (including phenoxy) is 1. The van der Waals surface area contributed by atoms with E-state index in [1.807, 2.05) is 0 Å². The number of likely N-dealkylation sites (tertiary alicyclic amines) is 1. The van der Waals surface area contributed by atoms with E-state index in [0.717, 1.165) is 25.4 Å². The lowest BCUT2D eigenvalue weighted by atomic mass is 9.89. The number of pyridine rings is 2. The van der Waals surface area contributed by atoms with Crippen LogP contribution in [0.25, 0.3) is 0 Å². The van der Waals surface area contributed by atoms with Crippen molar-refractivity contribution < 1.29 is 27.1 Å². The van der Waals surface area contributed by atoms with Gasteiger partial charge in [-0.3, -0.25) is 9.78 Å². The van der Waals surface area contributed by atoms with Crippen LogP contribution in [-0.4, -0.2) is 64.1 Å². The van der Waals surface area contributed by atoms with Crippen molar-refractivity contribution in [3.63, 3.8) is 0 Å². The predicted octanol–water partition coefficient (Wildman–Crippen LogP) is 3.49. The maximum absolute atomic E-state index is 13.1. The highest BCUT2D eigenvalue weighted by Crippen LogP contribution is 2.31. The zero-order valence-electron chi connectivity index (χ0n) is 17.9. The van der Waals surface area contributed by atoms with E-state index in [2.05, 4.69) is 14.9 Å². The molecular weight excluding hydrogens is 464 g/mol. The summed E-state index contributed by atoms with van der Waals surface area (Å²) < 4.78 is 57.6.